The molecule has 2 aromatic heterocycles. The van der Waals surface area contributed by atoms with Crippen LogP contribution in [0.5, 0.6) is 0 Å². The molecule has 0 saturated carbocycles. The Bertz CT molecular complexity index is 474. The SMILES string of the molecule is C=C(C(=O)c1cccs1)c1ccncc1. The van der Waals surface area contributed by atoms with Gasteiger partial charge in [-0.15, -0.1) is 11.3 Å². The average molecular weight is 215 g/mol. The van der Waals surface area contributed by atoms with Crippen LogP contribution in [0.25, 0.3) is 5.57 Å². The van der Waals surface area contributed by atoms with E-state index in [-0.39, 0.29) is 5.78 Å². The molecular weight excluding hydrogens is 206 g/mol. The number of aromatic nitrogens is 1. The molecule has 0 N–H and O–H groups in total. The molecule has 0 aromatic carbocycles. The molecule has 0 aliphatic rings. The van der Waals surface area contributed by atoms with Gasteiger partial charge in [-0.05, 0) is 29.1 Å². The summed E-state index contributed by atoms with van der Waals surface area (Å²) in [7, 11) is 0. The van der Waals surface area contributed by atoms with Crippen molar-refractivity contribution in [2.24, 2.45) is 0 Å². The van der Waals surface area contributed by atoms with Gasteiger partial charge < -0.3 is 0 Å². The number of hydrogen-bond donors (Lipinski definition) is 0. The Morgan fingerprint density at radius 2 is 2.00 bits per heavy atom. The van der Waals surface area contributed by atoms with Gasteiger partial charge in [-0.25, -0.2) is 0 Å². The second-order valence-electron chi connectivity index (χ2n) is 3.02. The third-order valence-electron chi connectivity index (χ3n) is 2.05. The molecule has 0 unspecified atom stereocenters. The Morgan fingerprint density at radius 3 is 2.60 bits per heavy atom. The van der Waals surface area contributed by atoms with Crippen LogP contribution < -0.4 is 0 Å². The van der Waals surface area contributed by atoms with Crippen LogP contribution in [0.15, 0.2) is 48.6 Å². The first-order valence-electron chi connectivity index (χ1n) is 4.46. The third-order valence-corrected chi connectivity index (χ3v) is 2.92. The molecule has 0 amide bonds. The van der Waals surface area contributed by atoms with Crippen molar-refractivity contribution in [3.8, 4) is 0 Å². The highest BCUT2D eigenvalue weighted by molar-refractivity contribution is 7.12. The molecule has 0 saturated heterocycles. The van der Waals surface area contributed by atoms with Crippen molar-refractivity contribution in [3.63, 3.8) is 0 Å². The van der Waals surface area contributed by atoms with Crippen LogP contribution in [0.4, 0.5) is 0 Å². The zero-order chi connectivity index (χ0) is 10.7. The standard InChI is InChI=1S/C12H9NOS/c1-9(10-4-6-13-7-5-10)12(14)11-3-2-8-15-11/h2-8H,1H2. The first-order valence-corrected chi connectivity index (χ1v) is 5.34. The van der Waals surface area contributed by atoms with Gasteiger partial charge >= 0.3 is 0 Å². The molecule has 0 spiro atoms. The first kappa shape index (κ1) is 9.80. The number of ketones is 1. The highest BCUT2D eigenvalue weighted by atomic mass is 32.1. The normalized spacial score (nSPS) is 9.87. The van der Waals surface area contributed by atoms with Crippen LogP contribution in [0.2, 0.25) is 0 Å². The lowest BCUT2D eigenvalue weighted by molar-refractivity contribution is 0.106. The summed E-state index contributed by atoms with van der Waals surface area (Å²) in [5.74, 6) is -0.0174. The molecule has 2 rings (SSSR count). The lowest BCUT2D eigenvalue weighted by Crippen LogP contribution is -1.98. The topological polar surface area (TPSA) is 30.0 Å². The second kappa shape index (κ2) is 4.19. The molecule has 15 heavy (non-hydrogen) atoms. The molecule has 2 nitrogen and oxygen atoms in total. The maximum atomic E-state index is 11.9. The second-order valence-corrected chi connectivity index (χ2v) is 3.97. The molecule has 0 aliphatic heterocycles. The molecule has 2 aromatic rings. The summed E-state index contributed by atoms with van der Waals surface area (Å²) >= 11 is 1.43. The van der Waals surface area contributed by atoms with Gasteiger partial charge in [0.15, 0.2) is 0 Å². The number of rotatable bonds is 3. The van der Waals surface area contributed by atoms with Gasteiger partial charge in [0.05, 0.1) is 4.88 Å². The summed E-state index contributed by atoms with van der Waals surface area (Å²) in [5.41, 5.74) is 1.34. The largest absolute Gasteiger partial charge is 0.288 e. The number of allylic oxidation sites excluding steroid dienone is 1. The number of carbonyl (C=O) groups excluding carboxylic acids is 1. The van der Waals surface area contributed by atoms with Crippen molar-refractivity contribution in [2.45, 2.75) is 0 Å². The molecule has 0 fully saturated rings. The van der Waals surface area contributed by atoms with E-state index in [0.29, 0.717) is 5.57 Å². The predicted molar refractivity (Wildman–Crippen MR) is 61.9 cm³/mol. The molecule has 0 bridgehead atoms. The lowest BCUT2D eigenvalue weighted by atomic mass is 10.0. The average Bonchev–Trinajstić information content (AvgIpc) is 2.82. The fourth-order valence-electron chi connectivity index (χ4n) is 1.24. The van der Waals surface area contributed by atoms with E-state index in [1.54, 1.807) is 30.6 Å². The Hall–Kier alpha value is -1.74. The predicted octanol–water partition coefficient (Wildman–Crippen LogP) is 3.04. The minimum absolute atomic E-state index is 0.0174. The summed E-state index contributed by atoms with van der Waals surface area (Å²) in [6.45, 7) is 3.81. The van der Waals surface area contributed by atoms with Crippen LogP contribution in [-0.2, 0) is 0 Å². The summed E-state index contributed by atoms with van der Waals surface area (Å²) in [4.78, 5) is 16.5. The number of hydrogen-bond acceptors (Lipinski definition) is 3. The summed E-state index contributed by atoms with van der Waals surface area (Å²) in [6.07, 6.45) is 3.31. The quantitative estimate of drug-likeness (QED) is 0.582. The van der Waals surface area contributed by atoms with Crippen molar-refractivity contribution in [3.05, 3.63) is 59.1 Å². The number of pyridine rings is 1. The summed E-state index contributed by atoms with van der Waals surface area (Å²) in [5, 5.41) is 1.88. The number of carbonyl (C=O) groups is 1. The third kappa shape index (κ3) is 2.02. The van der Waals surface area contributed by atoms with Crippen molar-refractivity contribution in [1.29, 1.82) is 0 Å². The first-order chi connectivity index (χ1) is 7.29. The van der Waals surface area contributed by atoms with Crippen molar-refractivity contribution >= 4 is 22.7 Å². The molecule has 3 heteroatoms. The molecule has 0 radical (unpaired) electrons. The van der Waals surface area contributed by atoms with E-state index >= 15 is 0 Å². The monoisotopic (exact) mass is 215 g/mol. The fourth-order valence-corrected chi connectivity index (χ4v) is 1.93. The Kier molecular flexibility index (Phi) is 2.74. The van der Waals surface area contributed by atoms with Crippen molar-refractivity contribution < 1.29 is 4.79 Å². The van der Waals surface area contributed by atoms with Crippen molar-refractivity contribution in [2.75, 3.05) is 0 Å². The van der Waals surface area contributed by atoms with Crippen LogP contribution >= 0.6 is 11.3 Å². The number of thiophene rings is 1. The van der Waals surface area contributed by atoms with E-state index in [0.717, 1.165) is 10.4 Å². The maximum Gasteiger partial charge on any atom is 0.202 e. The van der Waals surface area contributed by atoms with E-state index in [4.69, 9.17) is 0 Å². The molecule has 0 atom stereocenters. The van der Waals surface area contributed by atoms with Gasteiger partial charge in [0.1, 0.15) is 0 Å². The van der Waals surface area contributed by atoms with Gasteiger partial charge in [0.25, 0.3) is 0 Å². The zero-order valence-corrected chi connectivity index (χ0v) is 8.83. The van der Waals surface area contributed by atoms with Crippen LogP contribution in [0.3, 0.4) is 0 Å². The van der Waals surface area contributed by atoms with Gasteiger partial charge in [-0.1, -0.05) is 12.6 Å². The van der Waals surface area contributed by atoms with E-state index in [9.17, 15) is 4.79 Å². The molecule has 74 valence electrons. The molecule has 0 aliphatic carbocycles. The van der Waals surface area contributed by atoms with E-state index in [1.807, 2.05) is 11.4 Å². The minimum Gasteiger partial charge on any atom is -0.288 e. The maximum absolute atomic E-state index is 11.9. The Morgan fingerprint density at radius 1 is 1.27 bits per heavy atom. The molecular formula is C12H9NOS. The van der Waals surface area contributed by atoms with E-state index < -0.39 is 0 Å². The smallest absolute Gasteiger partial charge is 0.202 e. The zero-order valence-electron chi connectivity index (χ0n) is 8.01. The highest BCUT2D eigenvalue weighted by Gasteiger charge is 2.12. The van der Waals surface area contributed by atoms with E-state index in [1.165, 1.54) is 11.3 Å². The minimum atomic E-state index is -0.0174. The highest BCUT2D eigenvalue weighted by Crippen LogP contribution is 2.20. The summed E-state index contributed by atoms with van der Waals surface area (Å²) in [6, 6.07) is 7.23. The van der Waals surface area contributed by atoms with Crippen LogP contribution in [0.1, 0.15) is 15.2 Å². The lowest BCUT2D eigenvalue weighted by Gasteiger charge is -2.01. The Balaban J connectivity index is 2.27. The molecule has 2 heterocycles. The van der Waals surface area contributed by atoms with Crippen molar-refractivity contribution in [1.82, 2.24) is 4.98 Å². The van der Waals surface area contributed by atoms with Gasteiger partial charge in [0, 0.05) is 18.0 Å². The number of Topliss-reactive ketones (excluding diaryl/α,β-unsaturated/α-hetero) is 1. The summed E-state index contributed by atoms with van der Waals surface area (Å²) < 4.78 is 0. The van der Waals surface area contributed by atoms with Gasteiger partial charge in [0.2, 0.25) is 5.78 Å². The Labute approximate surface area is 91.9 Å². The van der Waals surface area contributed by atoms with Gasteiger partial charge in [-0.3, -0.25) is 9.78 Å². The van der Waals surface area contributed by atoms with Crippen LogP contribution in [-0.4, -0.2) is 10.8 Å². The van der Waals surface area contributed by atoms with E-state index in [2.05, 4.69) is 11.6 Å². The van der Waals surface area contributed by atoms with Gasteiger partial charge in [-0.2, -0.15) is 0 Å². The fraction of sp³-hybridized carbons (Fsp3) is 0. The van der Waals surface area contributed by atoms with Crippen LogP contribution in [0, 0.1) is 0 Å². The number of nitrogens with zero attached hydrogens (tertiary/aromatic N) is 1.